The van der Waals surface area contributed by atoms with Crippen molar-refractivity contribution < 1.29 is 19.1 Å². The van der Waals surface area contributed by atoms with Gasteiger partial charge in [-0.25, -0.2) is 4.79 Å². The van der Waals surface area contributed by atoms with E-state index in [1.807, 2.05) is 24.3 Å². The Hall–Kier alpha value is -2.89. The van der Waals surface area contributed by atoms with E-state index in [-0.39, 0.29) is 17.6 Å². The second-order valence-electron chi connectivity index (χ2n) is 8.50. The lowest BCUT2D eigenvalue weighted by molar-refractivity contribution is -0.122. The molecule has 2 aliphatic heterocycles. The van der Waals surface area contributed by atoms with Crippen LogP contribution in [0, 0.1) is 0 Å². The minimum Gasteiger partial charge on any atom is -0.450 e. The number of piperazine rings is 1. The largest absolute Gasteiger partial charge is 0.450 e. The van der Waals surface area contributed by atoms with E-state index >= 15 is 0 Å². The minimum absolute atomic E-state index is 0.193. The summed E-state index contributed by atoms with van der Waals surface area (Å²) >= 11 is 6.67. The summed E-state index contributed by atoms with van der Waals surface area (Å²) in [4.78, 5) is 44.7. The number of thioether (sulfide) groups is 1. The number of fused-ring (bicyclic) bond motifs is 1. The van der Waals surface area contributed by atoms with Crippen LogP contribution >= 0.6 is 24.0 Å². The number of rotatable bonds is 7. The number of aryl methyl sites for hydroxylation is 1. The molecular formula is C25H30N4O5S2. The highest BCUT2D eigenvalue weighted by molar-refractivity contribution is 8.26. The number of anilines is 1. The van der Waals surface area contributed by atoms with Gasteiger partial charge in [-0.05, 0) is 25.5 Å². The molecule has 2 saturated heterocycles. The quantitative estimate of drug-likeness (QED) is 0.307. The van der Waals surface area contributed by atoms with Crippen LogP contribution in [0.15, 0.2) is 34.0 Å². The molecule has 192 valence electrons. The molecule has 4 rings (SSSR count). The zero-order chi connectivity index (χ0) is 25.8. The lowest BCUT2D eigenvalue weighted by Crippen LogP contribution is -2.49. The molecule has 0 N–H and O–H groups in total. The number of amides is 2. The van der Waals surface area contributed by atoms with Gasteiger partial charge in [-0.2, -0.15) is 0 Å². The Labute approximate surface area is 219 Å². The lowest BCUT2D eigenvalue weighted by atomic mass is 10.1. The maximum atomic E-state index is 13.6. The van der Waals surface area contributed by atoms with Gasteiger partial charge in [0.15, 0.2) is 0 Å². The number of thiocarbonyl (C=S) groups is 1. The van der Waals surface area contributed by atoms with Crippen LogP contribution in [0.3, 0.4) is 0 Å². The zero-order valence-corrected chi connectivity index (χ0v) is 22.3. The van der Waals surface area contributed by atoms with Gasteiger partial charge in [0.1, 0.15) is 4.32 Å². The van der Waals surface area contributed by atoms with Crippen LogP contribution in [0.4, 0.5) is 10.5 Å². The van der Waals surface area contributed by atoms with Gasteiger partial charge >= 0.3 is 6.09 Å². The van der Waals surface area contributed by atoms with E-state index in [1.54, 1.807) is 41.5 Å². The predicted octanol–water partition coefficient (Wildman–Crippen LogP) is 3.05. The number of methoxy groups -OCH3 is 1. The molecule has 0 spiro atoms. The van der Waals surface area contributed by atoms with E-state index in [1.165, 1.54) is 11.8 Å². The summed E-state index contributed by atoms with van der Waals surface area (Å²) in [5.74, 6) is -0.200. The average Bonchev–Trinajstić information content (AvgIpc) is 3.15. The van der Waals surface area contributed by atoms with E-state index in [0.29, 0.717) is 67.1 Å². The van der Waals surface area contributed by atoms with Gasteiger partial charge in [-0.15, -0.1) is 0 Å². The maximum absolute atomic E-state index is 13.6. The minimum atomic E-state index is -0.330. The van der Waals surface area contributed by atoms with Gasteiger partial charge in [-0.1, -0.05) is 42.2 Å². The normalized spacial score (nSPS) is 17.5. The molecule has 0 bridgehead atoms. The summed E-state index contributed by atoms with van der Waals surface area (Å²) in [7, 11) is 3.36. The molecule has 0 radical (unpaired) electrons. The fourth-order valence-corrected chi connectivity index (χ4v) is 5.78. The van der Waals surface area contributed by atoms with Crippen LogP contribution in [0.2, 0.25) is 0 Å². The third-order valence-corrected chi connectivity index (χ3v) is 7.69. The van der Waals surface area contributed by atoms with E-state index in [0.717, 1.165) is 16.6 Å². The number of carbonyl (C=O) groups excluding carboxylic acids is 2. The molecule has 2 fully saturated rings. The molecule has 0 aliphatic carbocycles. The molecule has 0 atom stereocenters. The van der Waals surface area contributed by atoms with Crippen LogP contribution in [0.25, 0.3) is 17.0 Å². The summed E-state index contributed by atoms with van der Waals surface area (Å²) in [6, 6.07) is 7.72. The highest BCUT2D eigenvalue weighted by atomic mass is 32.2. The summed E-state index contributed by atoms with van der Waals surface area (Å²) in [6.45, 7) is 5.13. The number of pyridine rings is 1. The fourth-order valence-electron chi connectivity index (χ4n) is 4.49. The third kappa shape index (κ3) is 5.14. The first kappa shape index (κ1) is 26.2. The summed E-state index contributed by atoms with van der Waals surface area (Å²) in [5.41, 5.74) is 1.82. The van der Waals surface area contributed by atoms with Crippen molar-refractivity contribution in [1.29, 1.82) is 0 Å². The van der Waals surface area contributed by atoms with Crippen molar-refractivity contribution in [2.45, 2.75) is 13.3 Å². The number of benzene rings is 1. The predicted molar refractivity (Wildman–Crippen MR) is 146 cm³/mol. The van der Waals surface area contributed by atoms with Crippen LogP contribution in [-0.2, 0) is 21.3 Å². The van der Waals surface area contributed by atoms with Crippen LogP contribution in [0.5, 0.6) is 0 Å². The topological polar surface area (TPSA) is 84.3 Å². The Kier molecular flexibility index (Phi) is 8.32. The number of para-hydroxylation sites is 1. The van der Waals surface area contributed by atoms with Crippen molar-refractivity contribution in [2.75, 3.05) is 57.9 Å². The fraction of sp³-hybridized carbons (Fsp3) is 0.440. The van der Waals surface area contributed by atoms with Gasteiger partial charge in [0.2, 0.25) is 0 Å². The molecule has 2 amide bonds. The summed E-state index contributed by atoms with van der Waals surface area (Å²) in [5, 5.41) is 0.908. The first-order valence-electron chi connectivity index (χ1n) is 11.9. The highest BCUT2D eigenvalue weighted by Gasteiger charge is 2.33. The molecule has 1 aromatic heterocycles. The lowest BCUT2D eigenvalue weighted by Gasteiger charge is -2.36. The molecular weight excluding hydrogens is 500 g/mol. The molecule has 9 nitrogen and oxygen atoms in total. The van der Waals surface area contributed by atoms with Crippen molar-refractivity contribution in [1.82, 2.24) is 14.4 Å². The number of ether oxygens (including phenoxy) is 2. The van der Waals surface area contributed by atoms with Gasteiger partial charge < -0.3 is 23.8 Å². The number of hydrogen-bond donors (Lipinski definition) is 0. The number of hydrogen-bond acceptors (Lipinski definition) is 8. The van der Waals surface area contributed by atoms with E-state index in [4.69, 9.17) is 21.7 Å². The Bertz CT molecular complexity index is 1270. The van der Waals surface area contributed by atoms with Crippen molar-refractivity contribution >= 4 is 63.0 Å². The first-order valence-corrected chi connectivity index (χ1v) is 13.1. The van der Waals surface area contributed by atoms with E-state index < -0.39 is 0 Å². The summed E-state index contributed by atoms with van der Waals surface area (Å²) in [6.07, 6.45) is 2.02. The van der Waals surface area contributed by atoms with Crippen molar-refractivity contribution in [3.05, 3.63) is 45.1 Å². The van der Waals surface area contributed by atoms with Crippen LogP contribution < -0.4 is 10.5 Å². The molecule has 2 aromatic rings. The van der Waals surface area contributed by atoms with Crippen molar-refractivity contribution in [3.63, 3.8) is 0 Å². The van der Waals surface area contributed by atoms with Gasteiger partial charge in [0.25, 0.3) is 11.5 Å². The SMILES string of the molecule is CCOC(=O)N1CCN(c2c(C=C3SC(=S)N(CCCOC)C3=O)c(=O)n(C)c3ccccc23)CC1. The standard InChI is InChI=1S/C25H30N4O5S2/c1-4-34-24(32)28-13-11-27(12-14-28)21-17-8-5-6-9-19(17)26(2)22(30)18(21)16-20-23(31)29(25(35)36-20)10-7-15-33-3/h5-6,8-9,16H,4,7,10-15H2,1-3H3. The Morgan fingerprint density at radius 3 is 2.58 bits per heavy atom. The van der Waals surface area contributed by atoms with Crippen LogP contribution in [-0.4, -0.2) is 83.7 Å². The number of nitrogens with zero attached hydrogens (tertiary/aromatic N) is 4. The molecule has 36 heavy (non-hydrogen) atoms. The van der Waals surface area contributed by atoms with Gasteiger partial charge in [-0.3, -0.25) is 14.5 Å². The smallest absolute Gasteiger partial charge is 0.409 e. The molecule has 1 aromatic carbocycles. The molecule has 0 saturated carbocycles. The third-order valence-electron chi connectivity index (χ3n) is 6.31. The molecule has 11 heteroatoms. The molecule has 2 aliphatic rings. The van der Waals surface area contributed by atoms with Crippen molar-refractivity contribution in [3.8, 4) is 0 Å². The second kappa shape index (κ2) is 11.4. The number of carbonyl (C=O) groups is 2. The average molecular weight is 531 g/mol. The highest BCUT2D eigenvalue weighted by Crippen LogP contribution is 2.36. The van der Waals surface area contributed by atoms with Crippen molar-refractivity contribution in [2.24, 2.45) is 7.05 Å². The Balaban J connectivity index is 1.74. The van der Waals surface area contributed by atoms with Gasteiger partial charge in [0, 0.05) is 58.9 Å². The Morgan fingerprint density at radius 1 is 1.17 bits per heavy atom. The second-order valence-corrected chi connectivity index (χ2v) is 10.2. The number of aromatic nitrogens is 1. The van der Waals surface area contributed by atoms with E-state index in [9.17, 15) is 14.4 Å². The maximum Gasteiger partial charge on any atom is 0.409 e. The van der Waals surface area contributed by atoms with E-state index in [2.05, 4.69) is 4.90 Å². The van der Waals surface area contributed by atoms with Crippen LogP contribution in [0.1, 0.15) is 18.9 Å². The summed E-state index contributed by atoms with van der Waals surface area (Å²) < 4.78 is 12.3. The Morgan fingerprint density at radius 2 is 1.89 bits per heavy atom. The monoisotopic (exact) mass is 530 g/mol. The first-order chi connectivity index (χ1) is 17.4. The molecule has 3 heterocycles. The zero-order valence-electron chi connectivity index (χ0n) is 20.7. The van der Waals surface area contributed by atoms with Gasteiger partial charge in [0.05, 0.1) is 28.3 Å². The molecule has 0 unspecified atom stereocenters.